The molecule has 0 aliphatic heterocycles. The number of halogens is 1. The van der Waals surface area contributed by atoms with Crippen molar-refractivity contribution in [1.82, 2.24) is 5.32 Å². The van der Waals surface area contributed by atoms with Crippen LogP contribution in [0.1, 0.15) is 36.9 Å². The summed E-state index contributed by atoms with van der Waals surface area (Å²) in [5.74, 6) is 0.174. The summed E-state index contributed by atoms with van der Waals surface area (Å²) < 4.78 is 15.7. The van der Waals surface area contributed by atoms with Crippen molar-refractivity contribution in [2.24, 2.45) is 0 Å². The molecule has 6 nitrogen and oxygen atoms in total. The van der Waals surface area contributed by atoms with E-state index in [-0.39, 0.29) is 12.5 Å². The molecule has 7 heteroatoms. The molecule has 29 heavy (non-hydrogen) atoms. The molecule has 0 spiro atoms. The van der Waals surface area contributed by atoms with Crippen molar-refractivity contribution in [2.45, 2.75) is 32.9 Å². The topological polar surface area (TPSA) is 77.8 Å². The smallest absolute Gasteiger partial charge is 0.408 e. The number of alkyl carbamates (subject to hydrolysis) is 1. The Hall–Kier alpha value is -2.99. The van der Waals surface area contributed by atoms with E-state index in [0.29, 0.717) is 21.9 Å². The molecule has 152 valence electrons. The van der Waals surface area contributed by atoms with Crippen LogP contribution in [0.3, 0.4) is 0 Å². The number of methoxy groups -OCH3 is 1. The SMILES string of the molecule is COC(=O)c1ccc(-c2cc(Cl)c3oc(CNC(=O)OC(C)(C)C)cc3c2)cc1. The lowest BCUT2D eigenvalue weighted by Gasteiger charge is -2.19. The summed E-state index contributed by atoms with van der Waals surface area (Å²) in [6.07, 6.45) is -0.518. The molecular weight excluding hydrogens is 394 g/mol. The summed E-state index contributed by atoms with van der Waals surface area (Å²) in [4.78, 5) is 23.4. The molecule has 2 aromatic carbocycles. The molecule has 0 saturated carbocycles. The summed E-state index contributed by atoms with van der Waals surface area (Å²) in [5.41, 5.74) is 2.23. The van der Waals surface area contributed by atoms with Gasteiger partial charge >= 0.3 is 12.1 Å². The molecule has 3 rings (SSSR count). The monoisotopic (exact) mass is 415 g/mol. The predicted octanol–water partition coefficient (Wildman–Crippen LogP) is 5.56. The number of hydrogen-bond acceptors (Lipinski definition) is 5. The van der Waals surface area contributed by atoms with E-state index in [1.807, 2.05) is 24.3 Å². The number of carbonyl (C=O) groups excluding carboxylic acids is 2. The number of nitrogens with one attached hydrogen (secondary N) is 1. The minimum absolute atomic E-state index is 0.184. The highest BCUT2D eigenvalue weighted by Crippen LogP contribution is 2.33. The van der Waals surface area contributed by atoms with E-state index < -0.39 is 11.7 Å². The van der Waals surface area contributed by atoms with Crippen LogP contribution < -0.4 is 5.32 Å². The third kappa shape index (κ3) is 5.09. The molecule has 0 saturated heterocycles. The van der Waals surface area contributed by atoms with Gasteiger partial charge in [-0.1, -0.05) is 23.7 Å². The lowest BCUT2D eigenvalue weighted by atomic mass is 10.0. The van der Waals surface area contributed by atoms with Gasteiger partial charge in [0.2, 0.25) is 0 Å². The fraction of sp³-hybridized carbons (Fsp3) is 0.273. The first-order valence-corrected chi connectivity index (χ1v) is 9.41. The molecule has 0 unspecified atom stereocenters. The Labute approximate surface area is 173 Å². The average Bonchev–Trinajstić information content (AvgIpc) is 3.08. The van der Waals surface area contributed by atoms with Crippen molar-refractivity contribution in [3.63, 3.8) is 0 Å². The van der Waals surface area contributed by atoms with Crippen LogP contribution in [0.5, 0.6) is 0 Å². The van der Waals surface area contributed by atoms with Crippen LogP contribution in [0.15, 0.2) is 46.9 Å². The fourth-order valence-corrected chi connectivity index (χ4v) is 3.07. The van der Waals surface area contributed by atoms with Crippen LogP contribution in [0.4, 0.5) is 4.79 Å². The second-order valence-corrected chi connectivity index (χ2v) is 7.92. The second kappa shape index (κ2) is 8.17. The van der Waals surface area contributed by atoms with Crippen LogP contribution in [-0.2, 0) is 16.0 Å². The molecule has 0 radical (unpaired) electrons. The molecule has 1 N–H and O–H groups in total. The van der Waals surface area contributed by atoms with Gasteiger partial charge in [-0.15, -0.1) is 0 Å². The number of rotatable bonds is 4. The van der Waals surface area contributed by atoms with Crippen LogP contribution in [-0.4, -0.2) is 24.8 Å². The molecule has 1 amide bonds. The Morgan fingerprint density at radius 3 is 2.38 bits per heavy atom. The molecule has 0 aliphatic carbocycles. The molecule has 0 bridgehead atoms. The minimum atomic E-state index is -0.570. The van der Waals surface area contributed by atoms with E-state index in [2.05, 4.69) is 5.32 Å². The largest absolute Gasteiger partial charge is 0.465 e. The third-order valence-corrected chi connectivity index (χ3v) is 4.35. The highest BCUT2D eigenvalue weighted by molar-refractivity contribution is 6.35. The zero-order chi connectivity index (χ0) is 21.2. The summed E-state index contributed by atoms with van der Waals surface area (Å²) in [6.45, 7) is 5.58. The van der Waals surface area contributed by atoms with E-state index in [4.69, 9.17) is 25.5 Å². The van der Waals surface area contributed by atoms with E-state index in [9.17, 15) is 9.59 Å². The van der Waals surface area contributed by atoms with E-state index in [0.717, 1.165) is 16.5 Å². The van der Waals surface area contributed by atoms with Crippen molar-refractivity contribution in [3.8, 4) is 11.1 Å². The molecular formula is C22H22ClNO5. The Morgan fingerprint density at radius 1 is 1.07 bits per heavy atom. The quantitative estimate of drug-likeness (QED) is 0.564. The molecule has 0 aliphatic rings. The van der Waals surface area contributed by atoms with Gasteiger partial charge in [0.05, 0.1) is 24.2 Å². The number of amides is 1. The van der Waals surface area contributed by atoms with Gasteiger partial charge < -0.3 is 19.2 Å². The normalized spacial score (nSPS) is 11.3. The van der Waals surface area contributed by atoms with E-state index >= 15 is 0 Å². The zero-order valence-electron chi connectivity index (χ0n) is 16.7. The highest BCUT2D eigenvalue weighted by Gasteiger charge is 2.17. The fourth-order valence-electron chi connectivity index (χ4n) is 2.81. The molecule has 0 fully saturated rings. The number of fused-ring (bicyclic) bond motifs is 1. The number of hydrogen-bond donors (Lipinski definition) is 1. The first-order valence-electron chi connectivity index (χ1n) is 9.04. The maximum Gasteiger partial charge on any atom is 0.408 e. The van der Waals surface area contributed by atoms with Crippen molar-refractivity contribution in [3.05, 3.63) is 58.8 Å². The summed E-state index contributed by atoms with van der Waals surface area (Å²) >= 11 is 6.40. The first-order chi connectivity index (χ1) is 13.7. The van der Waals surface area contributed by atoms with Gasteiger partial charge in [-0.05, 0) is 62.2 Å². The van der Waals surface area contributed by atoms with Crippen molar-refractivity contribution in [2.75, 3.05) is 7.11 Å². The predicted molar refractivity (Wildman–Crippen MR) is 111 cm³/mol. The van der Waals surface area contributed by atoms with Gasteiger partial charge in [-0.3, -0.25) is 0 Å². The van der Waals surface area contributed by atoms with Gasteiger partial charge in [0.15, 0.2) is 5.58 Å². The van der Waals surface area contributed by atoms with Gasteiger partial charge in [0.25, 0.3) is 0 Å². The molecule has 3 aromatic rings. The summed E-state index contributed by atoms with van der Waals surface area (Å²) in [7, 11) is 1.35. The van der Waals surface area contributed by atoms with Crippen molar-refractivity contribution >= 4 is 34.6 Å². The maximum absolute atomic E-state index is 11.8. The van der Waals surface area contributed by atoms with Gasteiger partial charge in [0.1, 0.15) is 11.4 Å². The Balaban J connectivity index is 1.80. The van der Waals surface area contributed by atoms with Gasteiger partial charge in [0, 0.05) is 5.39 Å². The Bertz CT molecular complexity index is 1050. The first kappa shape index (κ1) is 20.7. The van der Waals surface area contributed by atoms with Crippen molar-refractivity contribution < 1.29 is 23.5 Å². The molecule has 0 atom stereocenters. The lowest BCUT2D eigenvalue weighted by molar-refractivity contribution is 0.0519. The number of esters is 1. The second-order valence-electron chi connectivity index (χ2n) is 7.51. The zero-order valence-corrected chi connectivity index (χ0v) is 17.4. The molecule has 1 heterocycles. The van der Waals surface area contributed by atoms with Crippen molar-refractivity contribution in [1.29, 1.82) is 0 Å². The minimum Gasteiger partial charge on any atom is -0.465 e. The Morgan fingerprint density at radius 2 is 1.76 bits per heavy atom. The molecule has 1 aromatic heterocycles. The van der Waals surface area contributed by atoms with Gasteiger partial charge in [-0.2, -0.15) is 0 Å². The maximum atomic E-state index is 11.8. The van der Waals surface area contributed by atoms with Crippen LogP contribution in [0.2, 0.25) is 5.02 Å². The summed E-state index contributed by atoms with van der Waals surface area (Å²) in [6, 6.07) is 12.6. The standard InChI is InChI=1S/C22H22ClNO5/c1-22(2,3)29-21(26)24-12-17-10-16-9-15(11-18(23)19(16)28-17)13-5-7-14(8-6-13)20(25)27-4/h5-11H,12H2,1-4H3,(H,24,26). The number of ether oxygens (including phenoxy) is 2. The van der Waals surface area contributed by atoms with Crippen LogP contribution >= 0.6 is 11.6 Å². The van der Waals surface area contributed by atoms with E-state index in [1.54, 1.807) is 39.0 Å². The number of benzene rings is 2. The van der Waals surface area contributed by atoms with E-state index in [1.165, 1.54) is 7.11 Å². The third-order valence-electron chi connectivity index (χ3n) is 4.07. The summed E-state index contributed by atoms with van der Waals surface area (Å²) in [5, 5.41) is 3.93. The highest BCUT2D eigenvalue weighted by atomic mass is 35.5. The van der Waals surface area contributed by atoms with Crippen LogP contribution in [0, 0.1) is 0 Å². The number of furan rings is 1. The Kier molecular flexibility index (Phi) is 5.84. The lowest BCUT2D eigenvalue weighted by Crippen LogP contribution is -2.32. The van der Waals surface area contributed by atoms with Gasteiger partial charge in [-0.25, -0.2) is 9.59 Å². The number of carbonyl (C=O) groups is 2. The average molecular weight is 416 g/mol. The van der Waals surface area contributed by atoms with Crippen LogP contribution in [0.25, 0.3) is 22.1 Å².